The molecule has 4 rings (SSSR count). The average molecular weight is 389 g/mol. The van der Waals surface area contributed by atoms with Gasteiger partial charge in [0.2, 0.25) is 0 Å². The summed E-state index contributed by atoms with van der Waals surface area (Å²) in [4.78, 5) is 16.9. The van der Waals surface area contributed by atoms with Crippen LogP contribution < -0.4 is 0 Å². The van der Waals surface area contributed by atoms with Crippen LogP contribution in [0, 0.1) is 0 Å². The van der Waals surface area contributed by atoms with E-state index in [1.54, 1.807) is 0 Å². The van der Waals surface area contributed by atoms with Gasteiger partial charge < -0.3 is 14.1 Å². The summed E-state index contributed by atoms with van der Waals surface area (Å²) in [5, 5.41) is 0.691. The Kier molecular flexibility index (Phi) is 5.81. The van der Waals surface area contributed by atoms with Gasteiger partial charge in [-0.15, -0.1) is 0 Å². The summed E-state index contributed by atoms with van der Waals surface area (Å²) < 4.78 is 11.6. The molecule has 2 saturated heterocycles. The maximum Gasteiger partial charge on any atom is 0.251 e. The van der Waals surface area contributed by atoms with Gasteiger partial charge in [0, 0.05) is 38.3 Å². The molecule has 144 valence electrons. The lowest BCUT2D eigenvalue weighted by atomic mass is 10.2. The fraction of sp³-hybridized carbons (Fsp3) is 0.476. The standard InChI is InChI=1S/C21H25ClN2O3/c22-18-6-2-1-5-17(18)19-9-8-16(27-19)15-23-10-4-11-24(13-12-23)21(25)20-7-3-14-26-20/h1-2,5-6,8-9,20H,3-4,7,10-15H2/t20-/m1/s1. The molecule has 0 saturated carbocycles. The first-order valence-corrected chi connectivity index (χ1v) is 10.0. The van der Waals surface area contributed by atoms with Crippen molar-refractivity contribution in [1.82, 2.24) is 9.80 Å². The first-order chi connectivity index (χ1) is 13.2. The van der Waals surface area contributed by atoms with Crippen LogP contribution in [-0.2, 0) is 16.1 Å². The van der Waals surface area contributed by atoms with E-state index in [1.165, 1.54) is 0 Å². The smallest absolute Gasteiger partial charge is 0.251 e. The molecule has 1 aromatic carbocycles. The van der Waals surface area contributed by atoms with Crippen LogP contribution in [0.2, 0.25) is 5.02 Å². The zero-order valence-corrected chi connectivity index (χ0v) is 16.2. The van der Waals surface area contributed by atoms with E-state index < -0.39 is 0 Å². The first kappa shape index (κ1) is 18.5. The third-order valence-corrected chi connectivity index (χ3v) is 5.62. The molecular formula is C21H25ClN2O3. The number of nitrogens with zero attached hydrogens (tertiary/aromatic N) is 2. The Morgan fingerprint density at radius 3 is 2.78 bits per heavy atom. The van der Waals surface area contributed by atoms with Gasteiger partial charge >= 0.3 is 0 Å². The van der Waals surface area contributed by atoms with Crippen LogP contribution in [0.3, 0.4) is 0 Å². The van der Waals surface area contributed by atoms with Crippen molar-refractivity contribution in [3.05, 3.63) is 47.2 Å². The van der Waals surface area contributed by atoms with E-state index in [4.69, 9.17) is 20.8 Å². The number of ether oxygens (including phenoxy) is 1. The van der Waals surface area contributed by atoms with Crippen LogP contribution in [0.15, 0.2) is 40.8 Å². The van der Waals surface area contributed by atoms with Crippen LogP contribution in [0.1, 0.15) is 25.0 Å². The van der Waals surface area contributed by atoms with Gasteiger partial charge in [-0.1, -0.05) is 23.7 Å². The Labute approximate surface area is 164 Å². The van der Waals surface area contributed by atoms with Gasteiger partial charge in [0.25, 0.3) is 5.91 Å². The van der Waals surface area contributed by atoms with Crippen LogP contribution >= 0.6 is 11.6 Å². The van der Waals surface area contributed by atoms with E-state index in [1.807, 2.05) is 41.3 Å². The number of rotatable bonds is 4. The maximum absolute atomic E-state index is 12.6. The van der Waals surface area contributed by atoms with Gasteiger partial charge in [0.05, 0.1) is 11.6 Å². The van der Waals surface area contributed by atoms with Gasteiger partial charge in [-0.25, -0.2) is 0 Å². The summed E-state index contributed by atoms with van der Waals surface area (Å²) in [5.74, 6) is 1.87. The summed E-state index contributed by atoms with van der Waals surface area (Å²) in [5.41, 5.74) is 0.912. The minimum absolute atomic E-state index is 0.161. The number of amides is 1. The average Bonchev–Trinajstić information content (AvgIpc) is 3.31. The normalized spacial score (nSPS) is 21.4. The third-order valence-electron chi connectivity index (χ3n) is 5.29. The van der Waals surface area contributed by atoms with Gasteiger partial charge in [0.1, 0.15) is 17.6 Å². The van der Waals surface area contributed by atoms with Crippen molar-refractivity contribution in [3.8, 4) is 11.3 Å². The molecule has 27 heavy (non-hydrogen) atoms. The predicted octanol–water partition coefficient (Wildman–Crippen LogP) is 3.81. The molecule has 0 spiro atoms. The number of carbonyl (C=O) groups excluding carboxylic acids is 1. The summed E-state index contributed by atoms with van der Waals surface area (Å²) in [6.07, 6.45) is 2.59. The Morgan fingerprint density at radius 2 is 1.96 bits per heavy atom. The van der Waals surface area contributed by atoms with E-state index in [2.05, 4.69) is 4.90 Å². The zero-order valence-electron chi connectivity index (χ0n) is 15.4. The number of halogens is 1. The Bertz CT molecular complexity index is 785. The molecule has 2 aromatic rings. The van der Waals surface area contributed by atoms with Crippen molar-refractivity contribution < 1.29 is 13.9 Å². The largest absolute Gasteiger partial charge is 0.460 e. The van der Waals surface area contributed by atoms with Crippen molar-refractivity contribution in [1.29, 1.82) is 0 Å². The number of furan rings is 1. The highest BCUT2D eigenvalue weighted by atomic mass is 35.5. The second-order valence-corrected chi connectivity index (χ2v) is 7.61. The molecule has 2 aliphatic heterocycles. The number of hydrogen-bond acceptors (Lipinski definition) is 4. The minimum Gasteiger partial charge on any atom is -0.460 e. The maximum atomic E-state index is 12.6. The van der Waals surface area contributed by atoms with Crippen LogP contribution in [0.25, 0.3) is 11.3 Å². The summed E-state index contributed by atoms with van der Waals surface area (Å²) in [7, 11) is 0. The van der Waals surface area contributed by atoms with E-state index in [9.17, 15) is 4.79 Å². The number of hydrogen-bond donors (Lipinski definition) is 0. The second kappa shape index (κ2) is 8.46. The highest BCUT2D eigenvalue weighted by Gasteiger charge is 2.29. The van der Waals surface area contributed by atoms with Gasteiger partial charge in [-0.2, -0.15) is 0 Å². The van der Waals surface area contributed by atoms with E-state index in [0.29, 0.717) is 11.6 Å². The van der Waals surface area contributed by atoms with E-state index >= 15 is 0 Å². The molecule has 0 aliphatic carbocycles. The van der Waals surface area contributed by atoms with Gasteiger partial charge in [-0.3, -0.25) is 9.69 Å². The molecule has 5 nitrogen and oxygen atoms in total. The molecule has 0 bridgehead atoms. The van der Waals surface area contributed by atoms with Crippen molar-refractivity contribution >= 4 is 17.5 Å². The highest BCUT2D eigenvalue weighted by molar-refractivity contribution is 6.33. The fourth-order valence-electron chi connectivity index (χ4n) is 3.81. The predicted molar refractivity (Wildman–Crippen MR) is 105 cm³/mol. The second-order valence-electron chi connectivity index (χ2n) is 7.20. The molecule has 2 fully saturated rings. The highest BCUT2D eigenvalue weighted by Crippen LogP contribution is 2.29. The lowest BCUT2D eigenvalue weighted by Gasteiger charge is -2.24. The Balaban J connectivity index is 1.35. The SMILES string of the molecule is O=C([C@H]1CCCO1)N1CCCN(Cc2ccc(-c3ccccc3Cl)o2)CC1. The molecule has 6 heteroatoms. The zero-order chi connectivity index (χ0) is 18.6. The molecule has 3 heterocycles. The number of benzene rings is 1. The molecule has 0 N–H and O–H groups in total. The molecule has 1 atom stereocenters. The van der Waals surface area contributed by atoms with Crippen molar-refractivity contribution in [2.45, 2.75) is 31.9 Å². The van der Waals surface area contributed by atoms with E-state index in [0.717, 1.165) is 69.1 Å². The number of carbonyl (C=O) groups is 1. The molecular weight excluding hydrogens is 364 g/mol. The Morgan fingerprint density at radius 1 is 1.07 bits per heavy atom. The van der Waals surface area contributed by atoms with Crippen molar-refractivity contribution in [3.63, 3.8) is 0 Å². The van der Waals surface area contributed by atoms with Crippen molar-refractivity contribution in [2.24, 2.45) is 0 Å². The molecule has 1 amide bonds. The third kappa shape index (κ3) is 4.37. The molecule has 0 radical (unpaired) electrons. The van der Waals surface area contributed by atoms with Crippen LogP contribution in [0.5, 0.6) is 0 Å². The summed E-state index contributed by atoms with van der Waals surface area (Å²) in [6, 6.07) is 11.7. The molecule has 1 aromatic heterocycles. The van der Waals surface area contributed by atoms with E-state index in [-0.39, 0.29) is 12.0 Å². The molecule has 2 aliphatic rings. The Hall–Kier alpha value is -1.82. The lowest BCUT2D eigenvalue weighted by molar-refractivity contribution is -0.140. The van der Waals surface area contributed by atoms with Crippen molar-refractivity contribution in [2.75, 3.05) is 32.8 Å². The van der Waals surface area contributed by atoms with Gasteiger partial charge in [-0.05, 0) is 43.5 Å². The quantitative estimate of drug-likeness (QED) is 0.798. The van der Waals surface area contributed by atoms with Crippen LogP contribution in [-0.4, -0.2) is 54.6 Å². The first-order valence-electron chi connectivity index (χ1n) is 9.67. The molecule has 0 unspecified atom stereocenters. The monoisotopic (exact) mass is 388 g/mol. The topological polar surface area (TPSA) is 45.9 Å². The minimum atomic E-state index is -0.222. The fourth-order valence-corrected chi connectivity index (χ4v) is 4.04. The summed E-state index contributed by atoms with van der Waals surface area (Å²) >= 11 is 6.26. The van der Waals surface area contributed by atoms with Gasteiger partial charge in [0.15, 0.2) is 0 Å². The van der Waals surface area contributed by atoms with Crippen LogP contribution in [0.4, 0.5) is 0 Å². The lowest BCUT2D eigenvalue weighted by Crippen LogP contribution is -2.41. The summed E-state index contributed by atoms with van der Waals surface area (Å²) in [6.45, 7) is 4.81.